The van der Waals surface area contributed by atoms with Crippen LogP contribution < -0.4 is 5.73 Å². The van der Waals surface area contributed by atoms with Crippen LogP contribution in [0.15, 0.2) is 0 Å². The van der Waals surface area contributed by atoms with Crippen LogP contribution >= 0.6 is 0 Å². The van der Waals surface area contributed by atoms with Gasteiger partial charge >= 0.3 is 0 Å². The van der Waals surface area contributed by atoms with Crippen molar-refractivity contribution in [2.75, 3.05) is 13.2 Å². The fourth-order valence-corrected chi connectivity index (χ4v) is 3.94. The molecule has 0 radical (unpaired) electrons. The quantitative estimate of drug-likeness (QED) is 0.723. The van der Waals surface area contributed by atoms with Gasteiger partial charge in [0.05, 0.1) is 0 Å². The van der Waals surface area contributed by atoms with Crippen LogP contribution in [-0.2, 0) is 4.74 Å². The Kier molecular flexibility index (Phi) is 4.38. The molecule has 1 heterocycles. The first-order valence-corrected chi connectivity index (χ1v) is 7.78. The molecule has 1 aliphatic heterocycles. The molecule has 106 valence electrons. The Bertz CT molecular complexity index is 265. The van der Waals surface area contributed by atoms with Crippen molar-refractivity contribution in [3.8, 4) is 0 Å². The number of ether oxygens (including phenoxy) is 1. The van der Waals surface area contributed by atoms with E-state index in [1.165, 1.54) is 44.9 Å². The standard InChI is InChI=1S/C16H31NO/c1-15(2,3)13-5-4-9-16(17,10-6-13)14-7-11-18-12-8-14/h13-14H,4-12,17H2,1-3H3. The third-order valence-corrected chi connectivity index (χ3v) is 5.41. The molecule has 1 saturated heterocycles. The summed E-state index contributed by atoms with van der Waals surface area (Å²) in [6.07, 6.45) is 8.80. The molecule has 1 aliphatic carbocycles. The summed E-state index contributed by atoms with van der Waals surface area (Å²) in [5.74, 6) is 1.55. The molecule has 2 nitrogen and oxygen atoms in total. The van der Waals surface area contributed by atoms with Crippen molar-refractivity contribution >= 4 is 0 Å². The number of rotatable bonds is 1. The van der Waals surface area contributed by atoms with E-state index in [4.69, 9.17) is 10.5 Å². The molecular formula is C16H31NO. The van der Waals surface area contributed by atoms with E-state index in [1.807, 2.05) is 0 Å². The van der Waals surface area contributed by atoms with E-state index in [0.717, 1.165) is 19.1 Å². The molecule has 1 saturated carbocycles. The Hall–Kier alpha value is -0.0800. The Morgan fingerprint density at radius 3 is 2.28 bits per heavy atom. The van der Waals surface area contributed by atoms with Gasteiger partial charge < -0.3 is 10.5 Å². The minimum atomic E-state index is 0.101. The summed E-state index contributed by atoms with van der Waals surface area (Å²) in [4.78, 5) is 0. The van der Waals surface area contributed by atoms with Crippen LogP contribution in [0.4, 0.5) is 0 Å². The zero-order chi connectivity index (χ0) is 13.2. The number of nitrogens with two attached hydrogens (primary N) is 1. The van der Waals surface area contributed by atoms with Gasteiger partial charge in [0.25, 0.3) is 0 Å². The molecule has 2 heteroatoms. The van der Waals surface area contributed by atoms with Crippen LogP contribution in [0.3, 0.4) is 0 Å². The van der Waals surface area contributed by atoms with E-state index in [0.29, 0.717) is 11.3 Å². The molecule has 2 fully saturated rings. The van der Waals surface area contributed by atoms with Gasteiger partial charge in [0.2, 0.25) is 0 Å². The predicted octanol–water partition coefficient (Wildman–Crippen LogP) is 3.74. The van der Waals surface area contributed by atoms with Crippen LogP contribution in [0.25, 0.3) is 0 Å². The third kappa shape index (κ3) is 3.27. The lowest BCUT2D eigenvalue weighted by Crippen LogP contribution is -2.48. The monoisotopic (exact) mass is 253 g/mol. The summed E-state index contributed by atoms with van der Waals surface area (Å²) in [5, 5.41) is 0. The molecule has 2 rings (SSSR count). The summed E-state index contributed by atoms with van der Waals surface area (Å²) >= 11 is 0. The van der Waals surface area contributed by atoms with Gasteiger partial charge in [-0.1, -0.05) is 27.2 Å². The second-order valence-electron chi connectivity index (χ2n) is 7.61. The maximum atomic E-state index is 6.78. The van der Waals surface area contributed by atoms with E-state index in [9.17, 15) is 0 Å². The molecule has 2 atom stereocenters. The van der Waals surface area contributed by atoms with Gasteiger partial charge in [0.15, 0.2) is 0 Å². The van der Waals surface area contributed by atoms with Gasteiger partial charge in [-0.2, -0.15) is 0 Å². The SMILES string of the molecule is CC(C)(C)C1CCCC(N)(C2CCOCC2)CC1. The van der Waals surface area contributed by atoms with Gasteiger partial charge in [-0.25, -0.2) is 0 Å². The minimum absolute atomic E-state index is 0.101. The van der Waals surface area contributed by atoms with Crippen LogP contribution in [0.2, 0.25) is 0 Å². The van der Waals surface area contributed by atoms with Crippen molar-refractivity contribution < 1.29 is 4.74 Å². The van der Waals surface area contributed by atoms with E-state index < -0.39 is 0 Å². The molecule has 2 N–H and O–H groups in total. The largest absolute Gasteiger partial charge is 0.381 e. The molecule has 0 spiro atoms. The van der Waals surface area contributed by atoms with E-state index in [1.54, 1.807) is 0 Å². The fraction of sp³-hybridized carbons (Fsp3) is 1.00. The second kappa shape index (κ2) is 5.50. The van der Waals surface area contributed by atoms with Crippen LogP contribution in [0.5, 0.6) is 0 Å². The van der Waals surface area contributed by atoms with Gasteiger partial charge in [-0.3, -0.25) is 0 Å². The molecule has 0 aromatic heterocycles. The van der Waals surface area contributed by atoms with Crippen molar-refractivity contribution in [1.82, 2.24) is 0 Å². The smallest absolute Gasteiger partial charge is 0.0469 e. The highest BCUT2D eigenvalue weighted by Crippen LogP contribution is 2.42. The van der Waals surface area contributed by atoms with Crippen LogP contribution in [-0.4, -0.2) is 18.8 Å². The summed E-state index contributed by atoms with van der Waals surface area (Å²) in [7, 11) is 0. The Morgan fingerprint density at radius 1 is 1.00 bits per heavy atom. The van der Waals surface area contributed by atoms with E-state index in [2.05, 4.69) is 20.8 Å². The van der Waals surface area contributed by atoms with Gasteiger partial charge in [0, 0.05) is 18.8 Å². The highest BCUT2D eigenvalue weighted by atomic mass is 16.5. The maximum Gasteiger partial charge on any atom is 0.0469 e. The molecule has 0 aromatic rings. The van der Waals surface area contributed by atoms with Gasteiger partial charge in [0.1, 0.15) is 0 Å². The lowest BCUT2D eigenvalue weighted by Gasteiger charge is -2.39. The molecule has 2 unspecified atom stereocenters. The zero-order valence-electron chi connectivity index (χ0n) is 12.5. The van der Waals surface area contributed by atoms with E-state index in [-0.39, 0.29) is 5.54 Å². The zero-order valence-corrected chi connectivity index (χ0v) is 12.5. The minimum Gasteiger partial charge on any atom is -0.381 e. The lowest BCUT2D eigenvalue weighted by atomic mass is 9.73. The van der Waals surface area contributed by atoms with Crippen molar-refractivity contribution in [2.24, 2.45) is 23.0 Å². The van der Waals surface area contributed by atoms with Crippen molar-refractivity contribution in [1.29, 1.82) is 0 Å². The second-order valence-corrected chi connectivity index (χ2v) is 7.61. The van der Waals surface area contributed by atoms with Crippen molar-refractivity contribution in [3.63, 3.8) is 0 Å². The molecule has 0 aromatic carbocycles. The van der Waals surface area contributed by atoms with Gasteiger partial charge in [-0.15, -0.1) is 0 Å². The lowest BCUT2D eigenvalue weighted by molar-refractivity contribution is 0.0334. The summed E-state index contributed by atoms with van der Waals surface area (Å²) in [5.41, 5.74) is 7.33. The van der Waals surface area contributed by atoms with Gasteiger partial charge in [-0.05, 0) is 55.8 Å². The first-order valence-electron chi connectivity index (χ1n) is 7.78. The predicted molar refractivity (Wildman–Crippen MR) is 76.5 cm³/mol. The third-order valence-electron chi connectivity index (χ3n) is 5.41. The van der Waals surface area contributed by atoms with Crippen LogP contribution in [0, 0.1) is 17.3 Å². The first kappa shape index (κ1) is 14.3. The molecule has 0 bridgehead atoms. The molecule has 2 aliphatic rings. The maximum absolute atomic E-state index is 6.78. The number of hydrogen-bond donors (Lipinski definition) is 1. The van der Waals surface area contributed by atoms with Crippen molar-refractivity contribution in [2.45, 2.75) is 71.3 Å². The first-order chi connectivity index (χ1) is 8.42. The normalized spacial score (nSPS) is 36.3. The Balaban J connectivity index is 1.98. The molecule has 0 amide bonds. The van der Waals surface area contributed by atoms with E-state index >= 15 is 0 Å². The van der Waals surface area contributed by atoms with Crippen molar-refractivity contribution in [3.05, 3.63) is 0 Å². The Morgan fingerprint density at radius 2 is 1.67 bits per heavy atom. The topological polar surface area (TPSA) is 35.2 Å². The molecular weight excluding hydrogens is 222 g/mol. The molecule has 18 heavy (non-hydrogen) atoms. The summed E-state index contributed by atoms with van der Waals surface area (Å²) in [6, 6.07) is 0. The number of hydrogen-bond acceptors (Lipinski definition) is 2. The summed E-state index contributed by atoms with van der Waals surface area (Å²) < 4.78 is 5.49. The summed E-state index contributed by atoms with van der Waals surface area (Å²) in [6.45, 7) is 9.00. The average Bonchev–Trinajstić information content (AvgIpc) is 2.53. The Labute approximate surface area is 113 Å². The van der Waals surface area contributed by atoms with Crippen LogP contribution in [0.1, 0.15) is 65.7 Å². The highest BCUT2D eigenvalue weighted by Gasteiger charge is 2.39. The fourth-order valence-electron chi connectivity index (χ4n) is 3.94. The average molecular weight is 253 g/mol. The highest BCUT2D eigenvalue weighted by molar-refractivity contribution is 4.95.